The van der Waals surface area contributed by atoms with Crippen molar-refractivity contribution in [2.75, 3.05) is 12.4 Å². The molecule has 0 saturated carbocycles. The number of Topliss-reactive ketones (excluding diaryl/α,β-unsaturated/α-hetero) is 1. The molecule has 1 rings (SSSR count). The van der Waals surface area contributed by atoms with E-state index in [1.807, 2.05) is 0 Å². The summed E-state index contributed by atoms with van der Waals surface area (Å²) in [7, 11) is 1.21. The number of ketones is 1. The van der Waals surface area contributed by atoms with Gasteiger partial charge in [-0.2, -0.15) is 13.2 Å². The molecule has 7 heteroatoms. The molecule has 0 fully saturated rings. The van der Waals surface area contributed by atoms with Gasteiger partial charge in [0.1, 0.15) is 5.75 Å². The number of hydrogen-bond donors (Lipinski definition) is 0. The van der Waals surface area contributed by atoms with Crippen molar-refractivity contribution in [3.8, 4) is 5.75 Å². The topological polar surface area (TPSA) is 43.4 Å². The zero-order valence-corrected chi connectivity index (χ0v) is 10.8. The first-order valence-electron chi connectivity index (χ1n) is 4.69. The molecule has 0 atom stereocenters. The van der Waals surface area contributed by atoms with Crippen molar-refractivity contribution in [1.29, 1.82) is 0 Å². The van der Waals surface area contributed by atoms with Crippen LogP contribution in [0.4, 0.5) is 13.2 Å². The van der Waals surface area contributed by atoms with Gasteiger partial charge in [-0.15, -0.1) is 0 Å². The van der Waals surface area contributed by atoms with Gasteiger partial charge in [0.2, 0.25) is 0 Å². The predicted molar refractivity (Wildman–Crippen MR) is 61.5 cm³/mol. The Hall–Kier alpha value is -1.37. The van der Waals surface area contributed by atoms with Crippen molar-refractivity contribution in [3.63, 3.8) is 0 Å². The molecule has 0 spiro atoms. The Morgan fingerprint density at radius 3 is 2.44 bits per heavy atom. The van der Waals surface area contributed by atoms with Crippen LogP contribution in [0, 0.1) is 0 Å². The third kappa shape index (κ3) is 2.72. The van der Waals surface area contributed by atoms with E-state index in [4.69, 9.17) is 4.74 Å². The van der Waals surface area contributed by atoms with E-state index in [1.54, 1.807) is 0 Å². The highest BCUT2D eigenvalue weighted by Crippen LogP contribution is 2.36. The fourth-order valence-electron chi connectivity index (χ4n) is 1.49. The first-order chi connectivity index (χ1) is 8.36. The van der Waals surface area contributed by atoms with Gasteiger partial charge in [-0.25, -0.2) is 0 Å². The lowest BCUT2D eigenvalue weighted by Gasteiger charge is -2.15. The summed E-state index contributed by atoms with van der Waals surface area (Å²) in [6.07, 6.45) is -4.69. The number of hydrogen-bond acceptors (Lipinski definition) is 3. The minimum absolute atomic E-state index is 0.0151. The van der Waals surface area contributed by atoms with E-state index in [9.17, 15) is 22.8 Å². The first-order valence-corrected chi connectivity index (χ1v) is 5.81. The van der Waals surface area contributed by atoms with E-state index in [0.717, 1.165) is 6.07 Å². The highest BCUT2D eigenvalue weighted by molar-refractivity contribution is 9.09. The highest BCUT2D eigenvalue weighted by atomic mass is 79.9. The lowest BCUT2D eigenvalue weighted by molar-refractivity contribution is -0.137. The maximum atomic E-state index is 12.7. The smallest absolute Gasteiger partial charge is 0.417 e. The second-order valence-electron chi connectivity index (χ2n) is 3.28. The molecule has 0 radical (unpaired) electrons. The van der Waals surface area contributed by atoms with Crippen molar-refractivity contribution in [2.24, 2.45) is 0 Å². The molecule has 1 aromatic carbocycles. The Morgan fingerprint density at radius 2 is 2.06 bits per heavy atom. The zero-order valence-electron chi connectivity index (χ0n) is 9.18. The Morgan fingerprint density at radius 1 is 1.44 bits per heavy atom. The van der Waals surface area contributed by atoms with E-state index < -0.39 is 23.1 Å². The van der Waals surface area contributed by atoms with Crippen molar-refractivity contribution < 1.29 is 27.5 Å². The summed E-state index contributed by atoms with van der Waals surface area (Å²) in [4.78, 5) is 22.5. The van der Waals surface area contributed by atoms with Gasteiger partial charge in [-0.3, -0.25) is 9.59 Å². The van der Waals surface area contributed by atoms with Gasteiger partial charge in [-0.1, -0.05) is 15.9 Å². The van der Waals surface area contributed by atoms with Crippen LogP contribution in [0.25, 0.3) is 0 Å². The van der Waals surface area contributed by atoms with Crippen molar-refractivity contribution >= 4 is 28.0 Å². The normalized spacial score (nSPS) is 11.2. The van der Waals surface area contributed by atoms with Crippen molar-refractivity contribution in [2.45, 2.75) is 6.18 Å². The average Bonchev–Trinajstić information content (AvgIpc) is 2.34. The Labute approximate surface area is 109 Å². The Balaban J connectivity index is 3.62. The Bertz CT molecular complexity index is 483. The largest absolute Gasteiger partial charge is 0.496 e. The molecule has 0 unspecified atom stereocenters. The quantitative estimate of drug-likeness (QED) is 0.485. The van der Waals surface area contributed by atoms with E-state index in [-0.39, 0.29) is 22.9 Å². The van der Waals surface area contributed by atoms with Crippen LogP contribution in [-0.2, 0) is 6.18 Å². The summed E-state index contributed by atoms with van der Waals surface area (Å²) >= 11 is 2.85. The highest BCUT2D eigenvalue weighted by Gasteiger charge is 2.36. The van der Waals surface area contributed by atoms with E-state index in [0.29, 0.717) is 6.07 Å². The maximum absolute atomic E-state index is 12.7. The fraction of sp³-hybridized carbons (Fsp3) is 0.273. The minimum Gasteiger partial charge on any atom is -0.496 e. The predicted octanol–water partition coefficient (Wildman–Crippen LogP) is 3.10. The molecule has 0 heterocycles. The van der Waals surface area contributed by atoms with Crippen LogP contribution in [-0.4, -0.2) is 24.5 Å². The average molecular weight is 325 g/mol. The van der Waals surface area contributed by atoms with Gasteiger partial charge < -0.3 is 4.74 Å². The molecule has 0 aliphatic heterocycles. The molecule has 0 amide bonds. The number of alkyl halides is 4. The molecule has 98 valence electrons. The van der Waals surface area contributed by atoms with Crippen molar-refractivity contribution in [3.05, 3.63) is 28.8 Å². The first kappa shape index (κ1) is 14.7. The van der Waals surface area contributed by atoms with Crippen LogP contribution in [0.1, 0.15) is 26.3 Å². The number of carbonyl (C=O) groups excluding carboxylic acids is 2. The van der Waals surface area contributed by atoms with Crippen LogP contribution in [0.15, 0.2) is 12.1 Å². The minimum atomic E-state index is -4.70. The van der Waals surface area contributed by atoms with E-state index in [2.05, 4.69) is 15.9 Å². The summed E-state index contributed by atoms with van der Waals surface area (Å²) < 4.78 is 42.9. The molecule has 18 heavy (non-hydrogen) atoms. The molecular weight excluding hydrogens is 317 g/mol. The number of ether oxygens (including phenoxy) is 1. The number of aldehydes is 1. The third-order valence-corrected chi connectivity index (χ3v) is 2.76. The molecule has 0 saturated heterocycles. The van der Waals surface area contributed by atoms with Gasteiger partial charge in [0, 0.05) is 5.56 Å². The number of halogens is 4. The van der Waals surface area contributed by atoms with Gasteiger partial charge in [0.25, 0.3) is 0 Å². The number of rotatable bonds is 4. The zero-order chi connectivity index (χ0) is 13.9. The maximum Gasteiger partial charge on any atom is 0.417 e. The van der Waals surface area contributed by atoms with Gasteiger partial charge in [0.15, 0.2) is 12.1 Å². The third-order valence-electron chi connectivity index (χ3n) is 2.25. The molecule has 1 aromatic rings. The van der Waals surface area contributed by atoms with E-state index >= 15 is 0 Å². The molecule has 0 bridgehead atoms. The summed E-state index contributed by atoms with van der Waals surface area (Å²) in [5.41, 5.74) is -2.21. The summed E-state index contributed by atoms with van der Waals surface area (Å²) in [5.74, 6) is -0.713. The van der Waals surface area contributed by atoms with Gasteiger partial charge in [0.05, 0.1) is 23.6 Å². The van der Waals surface area contributed by atoms with Crippen LogP contribution in [0.2, 0.25) is 0 Å². The fourth-order valence-corrected chi connectivity index (χ4v) is 1.77. The molecule has 0 N–H and O–H groups in total. The SMILES string of the molecule is COc1ccc(C(F)(F)F)c(C=O)c1C(=O)CBr. The van der Waals surface area contributed by atoms with Crippen LogP contribution in [0.5, 0.6) is 5.75 Å². The molecular formula is C11H8BrF3O3. The standard InChI is InChI=1S/C11H8BrF3O3/c1-18-9-3-2-7(11(13,14)15)6(5-16)10(9)8(17)4-12/h2-3,5H,4H2,1H3. The Kier molecular flexibility index (Phi) is 4.50. The number of methoxy groups -OCH3 is 1. The number of benzene rings is 1. The summed E-state index contributed by atoms with van der Waals surface area (Å²) in [6.45, 7) is 0. The number of carbonyl (C=O) groups is 2. The lowest BCUT2D eigenvalue weighted by atomic mass is 9.98. The molecule has 0 aromatic heterocycles. The molecule has 0 aliphatic rings. The monoisotopic (exact) mass is 324 g/mol. The van der Waals surface area contributed by atoms with Gasteiger partial charge in [-0.05, 0) is 12.1 Å². The van der Waals surface area contributed by atoms with E-state index in [1.165, 1.54) is 7.11 Å². The van der Waals surface area contributed by atoms with Crippen molar-refractivity contribution in [1.82, 2.24) is 0 Å². The van der Waals surface area contributed by atoms with Crippen LogP contribution in [0.3, 0.4) is 0 Å². The summed E-state index contributed by atoms with van der Waals surface area (Å²) in [5, 5.41) is -0.203. The lowest BCUT2D eigenvalue weighted by Crippen LogP contribution is -2.15. The second kappa shape index (κ2) is 5.51. The molecule has 3 nitrogen and oxygen atoms in total. The molecule has 0 aliphatic carbocycles. The second-order valence-corrected chi connectivity index (χ2v) is 3.84. The van der Waals surface area contributed by atoms with Crippen LogP contribution >= 0.6 is 15.9 Å². The van der Waals surface area contributed by atoms with Gasteiger partial charge >= 0.3 is 6.18 Å². The van der Waals surface area contributed by atoms with Crippen LogP contribution < -0.4 is 4.74 Å². The summed E-state index contributed by atoms with van der Waals surface area (Å²) in [6, 6.07) is 1.74.